The largest absolute Gasteiger partial charge is 0.558 e. The fraction of sp³-hybridized carbons (Fsp3) is 0.600. The predicted molar refractivity (Wildman–Crippen MR) is 32.8 cm³/mol. The molecule has 0 aromatic rings. The lowest BCUT2D eigenvalue weighted by Crippen LogP contribution is -2.51. The average molecular weight is 261 g/mol. The van der Waals surface area contributed by atoms with Crippen molar-refractivity contribution in [2.45, 2.75) is 18.0 Å². The maximum Gasteiger partial charge on any atom is 0.558 e. The summed E-state index contributed by atoms with van der Waals surface area (Å²) in [5.74, 6) is -13.5. The van der Waals surface area contributed by atoms with Crippen LogP contribution in [0, 0.1) is 11.7 Å². The lowest BCUT2D eigenvalue weighted by atomic mass is 9.93. The average Bonchev–Trinajstić information content (AvgIpc) is 1.97. The van der Waals surface area contributed by atoms with Crippen molar-refractivity contribution < 1.29 is 43.7 Å². The third-order valence-corrected chi connectivity index (χ3v) is 1.14. The van der Waals surface area contributed by atoms with E-state index in [1.165, 1.54) is 0 Å². The van der Waals surface area contributed by atoms with Gasteiger partial charge in [0.05, 0.1) is 0 Å². The Balaban J connectivity index is 5.28. The van der Waals surface area contributed by atoms with Crippen LogP contribution < -0.4 is 0 Å². The van der Waals surface area contributed by atoms with Crippen molar-refractivity contribution in [1.82, 2.24) is 0 Å². The van der Waals surface area contributed by atoms with Crippen molar-refractivity contribution in [3.05, 3.63) is 0 Å². The van der Waals surface area contributed by atoms with E-state index in [1.54, 1.807) is 0 Å². The highest BCUT2D eigenvalue weighted by atomic mass is 19.4. The Bertz CT molecular complexity index is 311. The number of halogens is 10. The molecule has 94 valence electrons. The van der Waals surface area contributed by atoms with Crippen LogP contribution in [0.25, 0.3) is 0 Å². The summed E-state index contributed by atoms with van der Waals surface area (Å²) in [6.07, 6.45) is -6.69. The first-order valence-electron chi connectivity index (χ1n) is 3.27. The van der Waals surface area contributed by atoms with Gasteiger partial charge in [-0.15, -0.1) is 0 Å². The Morgan fingerprint density at radius 2 is 1.12 bits per heavy atom. The van der Waals surface area contributed by atoms with Crippen LogP contribution in [0.3, 0.4) is 0 Å². The molecule has 0 aromatic heterocycles. The van der Waals surface area contributed by atoms with Crippen LogP contribution in [0.1, 0.15) is 0 Å². The molecule has 0 aliphatic heterocycles. The smallest absolute Gasteiger partial charge is 0.438 e. The normalized spacial score (nSPS) is 14.4. The third-order valence-electron chi connectivity index (χ3n) is 1.14. The predicted octanol–water partition coefficient (Wildman–Crippen LogP) is 3.21. The Morgan fingerprint density at radius 3 is 1.38 bits per heavy atom. The minimum Gasteiger partial charge on any atom is -0.438 e. The van der Waals surface area contributed by atoms with Crippen LogP contribution in [0.15, 0.2) is 0 Å². The SMILES string of the molecule is F[B-](F)(F)C#CC(F)(F)C(F)(F)C(F)(F)F. The number of rotatable bonds is 1. The van der Waals surface area contributed by atoms with Gasteiger partial charge < -0.3 is 12.9 Å². The summed E-state index contributed by atoms with van der Waals surface area (Å²) in [5.41, 5.74) is 0. The van der Waals surface area contributed by atoms with Crippen molar-refractivity contribution in [3.8, 4) is 11.7 Å². The minimum absolute atomic E-state index is 0.277. The van der Waals surface area contributed by atoms with Gasteiger partial charge in [-0.1, -0.05) is 5.92 Å². The molecule has 0 atom stereocenters. The van der Waals surface area contributed by atoms with E-state index in [-0.39, 0.29) is 5.82 Å². The molecule has 0 fully saturated rings. The highest BCUT2D eigenvalue weighted by molar-refractivity contribution is 6.67. The maximum absolute atomic E-state index is 12.1. The van der Waals surface area contributed by atoms with E-state index in [0.717, 1.165) is 0 Å². The fourth-order valence-corrected chi connectivity index (χ4v) is 0.429. The van der Waals surface area contributed by atoms with Crippen LogP contribution in [0.5, 0.6) is 0 Å². The van der Waals surface area contributed by atoms with Gasteiger partial charge in [-0.3, -0.25) is 0 Å². The first-order chi connectivity index (χ1) is 6.71. The second kappa shape index (κ2) is 3.74. The highest BCUT2D eigenvalue weighted by Crippen LogP contribution is 2.46. The molecule has 0 saturated heterocycles. The lowest BCUT2D eigenvalue weighted by molar-refractivity contribution is -0.339. The van der Waals surface area contributed by atoms with Crippen LogP contribution in [0.2, 0.25) is 0 Å². The Morgan fingerprint density at radius 1 is 0.750 bits per heavy atom. The molecule has 11 heteroatoms. The summed E-state index contributed by atoms with van der Waals surface area (Å²) in [5, 5.41) is 0. The molecule has 0 amide bonds. The first-order valence-corrected chi connectivity index (χ1v) is 3.27. The molecule has 0 saturated carbocycles. The summed E-state index contributed by atoms with van der Waals surface area (Å²) in [6, 6.07) is 0. The lowest BCUT2D eigenvalue weighted by Gasteiger charge is -2.24. The quantitative estimate of drug-likeness (QED) is 0.386. The standard InChI is InChI=1S/C5BF10/c7-3(8,1-2-6(14,15)16)4(9,10)5(11,12)13/q-1. The fourth-order valence-electron chi connectivity index (χ4n) is 0.429. The topological polar surface area (TPSA) is 0 Å². The Labute approximate surface area is 81.7 Å². The molecule has 0 aromatic carbocycles. The summed E-state index contributed by atoms with van der Waals surface area (Å²) in [7, 11) is 0. The van der Waals surface area contributed by atoms with Gasteiger partial charge in [-0.05, 0) is 0 Å². The van der Waals surface area contributed by atoms with E-state index in [1.807, 2.05) is 0 Å². The van der Waals surface area contributed by atoms with Gasteiger partial charge in [-0.25, -0.2) is 0 Å². The summed E-state index contributed by atoms with van der Waals surface area (Å²) in [6.45, 7) is -6.20. The molecule has 0 bridgehead atoms. The zero-order chi connectivity index (χ0) is 13.4. The zero-order valence-corrected chi connectivity index (χ0v) is 6.86. The van der Waals surface area contributed by atoms with Gasteiger partial charge in [0.15, 0.2) is 0 Å². The van der Waals surface area contributed by atoms with Crippen molar-refractivity contribution in [2.75, 3.05) is 0 Å². The minimum atomic E-state index is -6.69. The summed E-state index contributed by atoms with van der Waals surface area (Å²) in [4.78, 5) is 0. The molecule has 0 nitrogen and oxygen atoms in total. The molecule has 0 N–H and O–H groups in total. The van der Waals surface area contributed by atoms with Crippen LogP contribution >= 0.6 is 0 Å². The van der Waals surface area contributed by atoms with Gasteiger partial charge in [0.1, 0.15) is 0 Å². The van der Waals surface area contributed by atoms with E-state index in [0.29, 0.717) is 0 Å². The van der Waals surface area contributed by atoms with Crippen molar-refractivity contribution in [2.24, 2.45) is 0 Å². The highest BCUT2D eigenvalue weighted by Gasteiger charge is 2.72. The van der Waals surface area contributed by atoms with E-state index in [4.69, 9.17) is 0 Å². The van der Waals surface area contributed by atoms with E-state index < -0.39 is 30.9 Å². The Hall–Kier alpha value is -1.08. The van der Waals surface area contributed by atoms with Crippen LogP contribution in [-0.2, 0) is 0 Å². The Kier molecular flexibility index (Phi) is 3.49. The number of hydrogen-bond acceptors (Lipinski definition) is 0. The molecule has 16 heavy (non-hydrogen) atoms. The molecule has 0 heterocycles. The molecule has 0 unspecified atom stereocenters. The monoisotopic (exact) mass is 261 g/mol. The third kappa shape index (κ3) is 3.21. The van der Waals surface area contributed by atoms with E-state index in [9.17, 15) is 43.7 Å². The second-order valence-corrected chi connectivity index (χ2v) is 2.49. The van der Waals surface area contributed by atoms with Crippen molar-refractivity contribution in [1.29, 1.82) is 0 Å². The molecule has 0 aliphatic rings. The molecule has 0 spiro atoms. The molecular formula is C5BF10-. The van der Waals surface area contributed by atoms with Crippen LogP contribution in [0.4, 0.5) is 43.7 Å². The molecule has 0 aliphatic carbocycles. The molecular weight excluding hydrogens is 261 g/mol. The zero-order valence-electron chi connectivity index (χ0n) is 6.86. The first kappa shape index (κ1) is 14.9. The van der Waals surface area contributed by atoms with Gasteiger partial charge in [0, 0.05) is 0 Å². The number of hydrogen-bond donors (Lipinski definition) is 0. The summed E-state index contributed by atoms with van der Waals surface area (Å²) < 4.78 is 116. The molecule has 0 radical (unpaired) electrons. The van der Waals surface area contributed by atoms with Crippen molar-refractivity contribution in [3.63, 3.8) is 0 Å². The van der Waals surface area contributed by atoms with Gasteiger partial charge in [0.2, 0.25) is 0 Å². The van der Waals surface area contributed by atoms with Crippen LogP contribution in [-0.4, -0.2) is 25.0 Å². The second-order valence-electron chi connectivity index (χ2n) is 2.49. The van der Waals surface area contributed by atoms with Crippen molar-refractivity contribution >= 4 is 6.98 Å². The molecule has 0 rings (SSSR count). The summed E-state index contributed by atoms with van der Waals surface area (Å²) >= 11 is 0. The van der Waals surface area contributed by atoms with E-state index >= 15 is 0 Å². The van der Waals surface area contributed by atoms with Gasteiger partial charge in [-0.2, -0.15) is 36.6 Å². The maximum atomic E-state index is 12.1. The van der Waals surface area contributed by atoms with Gasteiger partial charge >= 0.3 is 25.0 Å². The number of alkyl halides is 7. The van der Waals surface area contributed by atoms with Gasteiger partial charge in [0.25, 0.3) is 0 Å². The van der Waals surface area contributed by atoms with E-state index in [2.05, 4.69) is 0 Å².